The molecule has 0 unspecified atom stereocenters. The van der Waals surface area contributed by atoms with E-state index in [1.54, 1.807) is 24.2 Å². The average molecular weight is 432 g/mol. The van der Waals surface area contributed by atoms with Gasteiger partial charge in [-0.25, -0.2) is 9.97 Å². The molecule has 10 heteroatoms. The Hall–Kier alpha value is -2.36. The van der Waals surface area contributed by atoms with Gasteiger partial charge >= 0.3 is 0 Å². The van der Waals surface area contributed by atoms with Crippen LogP contribution < -0.4 is 10.2 Å². The third-order valence-corrected chi connectivity index (χ3v) is 5.68. The lowest BCUT2D eigenvalue weighted by molar-refractivity contribution is 0.370. The predicted molar refractivity (Wildman–Crippen MR) is 122 cm³/mol. The number of hydrogen-bond donors (Lipinski definition) is 1. The van der Waals surface area contributed by atoms with Crippen molar-refractivity contribution in [3.63, 3.8) is 0 Å². The van der Waals surface area contributed by atoms with Crippen molar-refractivity contribution in [1.82, 2.24) is 34.9 Å². The molecule has 1 fully saturated rings. The van der Waals surface area contributed by atoms with Crippen molar-refractivity contribution in [3.05, 3.63) is 24.3 Å². The van der Waals surface area contributed by atoms with Crippen molar-refractivity contribution in [2.24, 2.45) is 10.9 Å². The second-order valence-electron chi connectivity index (χ2n) is 7.71. The molecule has 0 bridgehead atoms. The molecule has 0 aliphatic carbocycles. The monoisotopic (exact) mass is 431 g/mol. The van der Waals surface area contributed by atoms with Crippen LogP contribution >= 0.6 is 11.8 Å². The number of guanidine groups is 1. The standard InChI is InChI=1S/C20H33N9S/c1-16(2)15-29-17(25-26-20(29)30-4)7-5-8-22-18(21-3)27-11-13-28(14-12-27)19-23-9-6-10-24-19/h6,9-10,16H,5,7-8,11-15H2,1-4H3,(H,21,22). The smallest absolute Gasteiger partial charge is 0.225 e. The summed E-state index contributed by atoms with van der Waals surface area (Å²) in [7, 11) is 1.85. The van der Waals surface area contributed by atoms with E-state index >= 15 is 0 Å². The van der Waals surface area contributed by atoms with Gasteiger partial charge in [-0.3, -0.25) is 4.99 Å². The van der Waals surface area contributed by atoms with Crippen molar-refractivity contribution in [1.29, 1.82) is 0 Å². The van der Waals surface area contributed by atoms with Crippen LogP contribution in [-0.2, 0) is 13.0 Å². The maximum atomic E-state index is 4.47. The van der Waals surface area contributed by atoms with Crippen LogP contribution in [0.15, 0.2) is 28.6 Å². The number of aryl methyl sites for hydroxylation is 1. The molecule has 2 aromatic rings. The fourth-order valence-electron chi connectivity index (χ4n) is 3.56. The number of nitrogens with zero attached hydrogens (tertiary/aromatic N) is 8. The predicted octanol–water partition coefficient (Wildman–Crippen LogP) is 1.78. The van der Waals surface area contributed by atoms with Gasteiger partial charge in [-0.2, -0.15) is 0 Å². The van der Waals surface area contributed by atoms with E-state index in [2.05, 4.69) is 64.9 Å². The molecule has 0 saturated carbocycles. The second kappa shape index (κ2) is 11.1. The van der Waals surface area contributed by atoms with E-state index in [4.69, 9.17) is 0 Å². The topological polar surface area (TPSA) is 87.4 Å². The fourth-order valence-corrected chi connectivity index (χ4v) is 4.08. The Balaban J connectivity index is 1.45. The molecule has 1 saturated heterocycles. The third kappa shape index (κ3) is 5.84. The van der Waals surface area contributed by atoms with Gasteiger partial charge < -0.3 is 19.7 Å². The van der Waals surface area contributed by atoms with Gasteiger partial charge in [-0.15, -0.1) is 10.2 Å². The highest BCUT2D eigenvalue weighted by Crippen LogP contribution is 2.16. The number of aromatic nitrogens is 5. The van der Waals surface area contributed by atoms with E-state index in [1.807, 2.05) is 13.1 Å². The Labute approximate surface area is 183 Å². The molecule has 1 N–H and O–H groups in total. The average Bonchev–Trinajstić information content (AvgIpc) is 3.15. The maximum Gasteiger partial charge on any atom is 0.225 e. The summed E-state index contributed by atoms with van der Waals surface area (Å²) >= 11 is 1.66. The minimum absolute atomic E-state index is 0.572. The van der Waals surface area contributed by atoms with Gasteiger partial charge in [0, 0.05) is 65.1 Å². The zero-order chi connectivity index (χ0) is 21.3. The molecule has 164 valence electrons. The summed E-state index contributed by atoms with van der Waals surface area (Å²) in [5.74, 6) is 3.40. The van der Waals surface area contributed by atoms with Crippen LogP contribution in [0.3, 0.4) is 0 Å². The van der Waals surface area contributed by atoms with Gasteiger partial charge in [-0.1, -0.05) is 25.6 Å². The van der Waals surface area contributed by atoms with Gasteiger partial charge in [0.25, 0.3) is 0 Å². The Morgan fingerprint density at radius 2 is 1.90 bits per heavy atom. The quantitative estimate of drug-likeness (QED) is 0.293. The highest BCUT2D eigenvalue weighted by Gasteiger charge is 2.21. The summed E-state index contributed by atoms with van der Waals surface area (Å²) in [6, 6.07) is 1.85. The lowest BCUT2D eigenvalue weighted by Crippen LogP contribution is -2.53. The van der Waals surface area contributed by atoms with Crippen LogP contribution in [0.4, 0.5) is 5.95 Å². The molecule has 0 aromatic carbocycles. The van der Waals surface area contributed by atoms with Gasteiger partial charge in [-0.05, 0) is 24.7 Å². The van der Waals surface area contributed by atoms with Gasteiger partial charge in [0.05, 0.1) is 0 Å². The molecular weight excluding hydrogens is 398 g/mol. The molecule has 1 aliphatic rings. The van der Waals surface area contributed by atoms with E-state index in [-0.39, 0.29) is 0 Å². The zero-order valence-corrected chi connectivity index (χ0v) is 19.3. The van der Waals surface area contributed by atoms with Crippen LogP contribution in [0, 0.1) is 5.92 Å². The number of anilines is 1. The highest BCUT2D eigenvalue weighted by molar-refractivity contribution is 7.98. The number of piperazine rings is 1. The molecule has 3 rings (SSSR count). The molecular formula is C20H33N9S. The van der Waals surface area contributed by atoms with Crippen molar-refractivity contribution in [2.45, 2.75) is 38.4 Å². The molecule has 30 heavy (non-hydrogen) atoms. The van der Waals surface area contributed by atoms with Gasteiger partial charge in [0.1, 0.15) is 5.82 Å². The van der Waals surface area contributed by atoms with Crippen LogP contribution in [0.25, 0.3) is 0 Å². The van der Waals surface area contributed by atoms with Crippen LogP contribution in [0.5, 0.6) is 0 Å². The van der Waals surface area contributed by atoms with Crippen LogP contribution in [0.2, 0.25) is 0 Å². The Morgan fingerprint density at radius 1 is 1.17 bits per heavy atom. The van der Waals surface area contributed by atoms with E-state index in [1.165, 1.54) is 0 Å². The largest absolute Gasteiger partial charge is 0.356 e. The number of aliphatic imine (C=N–C) groups is 1. The van der Waals surface area contributed by atoms with E-state index < -0.39 is 0 Å². The summed E-state index contributed by atoms with van der Waals surface area (Å²) in [6.07, 6.45) is 7.53. The SMILES string of the molecule is CN=C(NCCCc1nnc(SC)n1CC(C)C)N1CCN(c2ncccn2)CC1. The highest BCUT2D eigenvalue weighted by atomic mass is 32.2. The molecule has 0 atom stereocenters. The Bertz CT molecular complexity index is 798. The first-order valence-corrected chi connectivity index (χ1v) is 11.8. The first-order chi connectivity index (χ1) is 14.6. The summed E-state index contributed by atoms with van der Waals surface area (Å²) in [5, 5.41) is 13.3. The van der Waals surface area contributed by atoms with Crippen LogP contribution in [0.1, 0.15) is 26.1 Å². The minimum atomic E-state index is 0.572. The first-order valence-electron chi connectivity index (χ1n) is 10.6. The molecule has 0 amide bonds. The summed E-state index contributed by atoms with van der Waals surface area (Å²) in [6.45, 7) is 9.85. The van der Waals surface area contributed by atoms with E-state index in [0.717, 1.165) is 75.0 Å². The molecule has 0 radical (unpaired) electrons. The summed E-state index contributed by atoms with van der Waals surface area (Å²) < 4.78 is 2.26. The van der Waals surface area contributed by atoms with Crippen molar-refractivity contribution in [2.75, 3.05) is 50.9 Å². The first kappa shape index (κ1) is 22.3. The molecule has 1 aliphatic heterocycles. The number of nitrogens with one attached hydrogen (secondary N) is 1. The number of rotatable bonds is 8. The normalized spacial score (nSPS) is 15.2. The lowest BCUT2D eigenvalue weighted by Gasteiger charge is -2.36. The third-order valence-electron chi connectivity index (χ3n) is 5.01. The summed E-state index contributed by atoms with van der Waals surface area (Å²) in [5.41, 5.74) is 0. The van der Waals surface area contributed by atoms with Crippen molar-refractivity contribution >= 4 is 23.7 Å². The van der Waals surface area contributed by atoms with Gasteiger partial charge in [0.15, 0.2) is 11.1 Å². The molecule has 3 heterocycles. The Morgan fingerprint density at radius 3 is 2.53 bits per heavy atom. The van der Waals surface area contributed by atoms with Crippen molar-refractivity contribution in [3.8, 4) is 0 Å². The Kier molecular flexibility index (Phi) is 8.30. The van der Waals surface area contributed by atoms with Gasteiger partial charge in [0.2, 0.25) is 5.95 Å². The molecule has 9 nitrogen and oxygen atoms in total. The zero-order valence-electron chi connectivity index (χ0n) is 18.5. The van der Waals surface area contributed by atoms with E-state index in [0.29, 0.717) is 5.92 Å². The minimum Gasteiger partial charge on any atom is -0.356 e. The molecule has 0 spiro atoms. The molecule has 2 aromatic heterocycles. The van der Waals surface area contributed by atoms with Crippen LogP contribution in [-0.4, -0.2) is 81.6 Å². The number of hydrogen-bond acceptors (Lipinski definition) is 7. The fraction of sp³-hybridized carbons (Fsp3) is 0.650. The maximum absolute atomic E-state index is 4.47. The lowest BCUT2D eigenvalue weighted by atomic mass is 10.2. The van der Waals surface area contributed by atoms with Crippen molar-refractivity contribution < 1.29 is 0 Å². The summed E-state index contributed by atoms with van der Waals surface area (Å²) in [4.78, 5) is 17.7. The number of thioether (sulfide) groups is 1. The second-order valence-corrected chi connectivity index (χ2v) is 8.48. The van der Waals surface area contributed by atoms with E-state index in [9.17, 15) is 0 Å².